The average molecular weight is 320 g/mol. The molecule has 1 N–H and O–H groups in total. The van der Waals surface area contributed by atoms with Crippen molar-refractivity contribution in [3.63, 3.8) is 0 Å². The molecule has 22 heavy (non-hydrogen) atoms. The first-order valence-electron chi connectivity index (χ1n) is 5.95. The largest absolute Gasteiger partial charge is 0.412 e. The number of alkyl halides is 3. The molecule has 1 atom stereocenters. The van der Waals surface area contributed by atoms with Crippen LogP contribution < -0.4 is 5.32 Å². The molecule has 9 heteroatoms. The fourth-order valence-electron chi connectivity index (χ4n) is 1.75. The number of benzene rings is 1. The highest BCUT2D eigenvalue weighted by atomic mass is 19.4. The number of aromatic nitrogens is 1. The van der Waals surface area contributed by atoms with Crippen molar-refractivity contribution in [3.8, 4) is 0 Å². The lowest BCUT2D eigenvalue weighted by molar-refractivity contribution is -0.156. The van der Waals surface area contributed by atoms with Crippen LogP contribution in [0.2, 0.25) is 0 Å². The molecule has 0 aliphatic heterocycles. The van der Waals surface area contributed by atoms with Gasteiger partial charge in [-0.15, -0.1) is 0 Å². The van der Waals surface area contributed by atoms with E-state index in [1.807, 2.05) is 0 Å². The van der Waals surface area contributed by atoms with Gasteiger partial charge in [0.05, 0.1) is 5.69 Å². The molecule has 2 aromatic rings. The SMILES string of the molecule is Cc1cc(C(=O)N[C@@H](c2cccc(F)c2F)C(F)(F)F)on1. The minimum atomic E-state index is -5.03. The van der Waals surface area contributed by atoms with Gasteiger partial charge in [-0.2, -0.15) is 13.2 Å². The molecule has 0 saturated heterocycles. The third-order valence-electron chi connectivity index (χ3n) is 2.75. The Morgan fingerprint density at radius 1 is 1.32 bits per heavy atom. The Kier molecular flexibility index (Phi) is 4.16. The molecule has 0 saturated carbocycles. The van der Waals surface area contributed by atoms with E-state index in [0.717, 1.165) is 18.2 Å². The fraction of sp³-hybridized carbons (Fsp3) is 0.231. The van der Waals surface area contributed by atoms with Crippen LogP contribution in [0.25, 0.3) is 0 Å². The van der Waals surface area contributed by atoms with Gasteiger partial charge in [-0.3, -0.25) is 4.79 Å². The van der Waals surface area contributed by atoms with E-state index < -0.39 is 41.1 Å². The number of carbonyl (C=O) groups excluding carboxylic acids is 1. The summed E-state index contributed by atoms with van der Waals surface area (Å²) in [6.07, 6.45) is -5.03. The number of aryl methyl sites for hydroxylation is 1. The normalized spacial score (nSPS) is 13.0. The lowest BCUT2D eigenvalue weighted by atomic mass is 10.1. The minimum Gasteiger partial charge on any atom is -0.351 e. The average Bonchev–Trinajstić information content (AvgIpc) is 2.85. The molecular weight excluding hydrogens is 311 g/mol. The number of amides is 1. The van der Waals surface area contributed by atoms with E-state index >= 15 is 0 Å². The van der Waals surface area contributed by atoms with Crippen molar-refractivity contribution in [3.05, 3.63) is 52.9 Å². The fourth-order valence-corrected chi connectivity index (χ4v) is 1.75. The molecule has 1 aromatic carbocycles. The van der Waals surface area contributed by atoms with Crippen LogP contribution in [0.1, 0.15) is 27.9 Å². The van der Waals surface area contributed by atoms with Crippen LogP contribution >= 0.6 is 0 Å². The standard InChI is InChI=1S/C13H9F5N2O2/c1-6-5-9(22-20-6)12(21)19-11(13(16,17)18)7-3-2-4-8(14)10(7)15/h2-5,11H,1H3,(H,19,21)/t11-/m0/s1. The summed E-state index contributed by atoms with van der Waals surface area (Å²) in [6, 6.07) is 0.722. The van der Waals surface area contributed by atoms with Crippen LogP contribution in [0.3, 0.4) is 0 Å². The number of halogens is 5. The predicted molar refractivity (Wildman–Crippen MR) is 63.9 cm³/mol. The first-order chi connectivity index (χ1) is 10.2. The summed E-state index contributed by atoms with van der Waals surface area (Å²) in [5, 5.41) is 4.93. The molecule has 0 unspecified atom stereocenters. The van der Waals surface area contributed by atoms with Crippen molar-refractivity contribution in [2.24, 2.45) is 0 Å². The Hall–Kier alpha value is -2.45. The summed E-state index contributed by atoms with van der Waals surface area (Å²) in [4.78, 5) is 11.7. The van der Waals surface area contributed by atoms with Crippen LogP contribution in [0, 0.1) is 18.6 Å². The van der Waals surface area contributed by atoms with Gasteiger partial charge in [-0.1, -0.05) is 17.3 Å². The number of nitrogens with one attached hydrogen (secondary N) is 1. The van der Waals surface area contributed by atoms with Crippen LogP contribution in [-0.4, -0.2) is 17.2 Å². The van der Waals surface area contributed by atoms with Gasteiger partial charge >= 0.3 is 6.18 Å². The second-order valence-electron chi connectivity index (χ2n) is 4.42. The van der Waals surface area contributed by atoms with Crippen molar-refractivity contribution < 1.29 is 31.3 Å². The molecule has 2 rings (SSSR count). The predicted octanol–water partition coefficient (Wildman–Crippen LogP) is 3.29. The van der Waals surface area contributed by atoms with E-state index in [-0.39, 0.29) is 5.69 Å². The smallest absolute Gasteiger partial charge is 0.351 e. The van der Waals surface area contributed by atoms with E-state index in [4.69, 9.17) is 0 Å². The van der Waals surface area contributed by atoms with Gasteiger partial charge in [0.2, 0.25) is 5.76 Å². The van der Waals surface area contributed by atoms with Crippen molar-refractivity contribution in [2.45, 2.75) is 19.1 Å². The summed E-state index contributed by atoms with van der Waals surface area (Å²) in [5.41, 5.74) is -0.747. The number of rotatable bonds is 3. The highest BCUT2D eigenvalue weighted by Gasteiger charge is 2.44. The molecule has 0 radical (unpaired) electrons. The molecule has 0 spiro atoms. The monoisotopic (exact) mass is 320 g/mol. The molecule has 0 aliphatic rings. The number of carbonyl (C=O) groups is 1. The van der Waals surface area contributed by atoms with Crippen molar-refractivity contribution in [2.75, 3.05) is 0 Å². The number of hydrogen-bond acceptors (Lipinski definition) is 3. The summed E-state index contributed by atoms with van der Waals surface area (Å²) < 4.78 is 70.4. The van der Waals surface area contributed by atoms with Crippen LogP contribution in [0.15, 0.2) is 28.8 Å². The lowest BCUT2D eigenvalue weighted by Gasteiger charge is -2.22. The molecule has 1 heterocycles. The quantitative estimate of drug-likeness (QED) is 0.883. The lowest BCUT2D eigenvalue weighted by Crippen LogP contribution is -2.38. The van der Waals surface area contributed by atoms with E-state index in [9.17, 15) is 26.7 Å². The third-order valence-corrected chi connectivity index (χ3v) is 2.75. The summed E-state index contributed by atoms with van der Waals surface area (Å²) in [5.74, 6) is -4.84. The minimum absolute atomic E-state index is 0.283. The Morgan fingerprint density at radius 2 is 2.00 bits per heavy atom. The third kappa shape index (κ3) is 3.23. The van der Waals surface area contributed by atoms with E-state index in [2.05, 4.69) is 9.68 Å². The number of nitrogens with zero attached hydrogens (tertiary/aromatic N) is 1. The molecule has 4 nitrogen and oxygen atoms in total. The van der Waals surface area contributed by atoms with Gasteiger partial charge in [0.1, 0.15) is 0 Å². The Labute approximate surface area is 120 Å². The van der Waals surface area contributed by atoms with E-state index in [0.29, 0.717) is 6.07 Å². The maximum absolute atomic E-state index is 13.6. The second kappa shape index (κ2) is 5.74. The molecule has 118 valence electrons. The van der Waals surface area contributed by atoms with Crippen LogP contribution in [0.5, 0.6) is 0 Å². The Morgan fingerprint density at radius 3 is 2.55 bits per heavy atom. The molecule has 1 aromatic heterocycles. The second-order valence-corrected chi connectivity index (χ2v) is 4.42. The maximum Gasteiger partial charge on any atom is 0.412 e. The van der Waals surface area contributed by atoms with Crippen molar-refractivity contribution in [1.29, 1.82) is 0 Å². The van der Waals surface area contributed by atoms with Crippen LogP contribution in [0.4, 0.5) is 22.0 Å². The maximum atomic E-state index is 13.6. The molecule has 0 fully saturated rings. The Balaban J connectivity index is 2.36. The van der Waals surface area contributed by atoms with E-state index in [1.54, 1.807) is 5.32 Å². The molecular formula is C13H9F5N2O2. The Bertz CT molecular complexity index is 696. The summed E-state index contributed by atoms with van der Waals surface area (Å²) >= 11 is 0. The summed E-state index contributed by atoms with van der Waals surface area (Å²) in [7, 11) is 0. The van der Waals surface area contributed by atoms with Gasteiger partial charge < -0.3 is 9.84 Å². The highest BCUT2D eigenvalue weighted by molar-refractivity contribution is 5.91. The van der Waals surface area contributed by atoms with Crippen molar-refractivity contribution in [1.82, 2.24) is 10.5 Å². The summed E-state index contributed by atoms with van der Waals surface area (Å²) in [6.45, 7) is 1.47. The zero-order valence-corrected chi connectivity index (χ0v) is 11.0. The molecule has 1 amide bonds. The first kappa shape index (κ1) is 15.9. The topological polar surface area (TPSA) is 55.1 Å². The van der Waals surface area contributed by atoms with Gasteiger partial charge in [0.25, 0.3) is 5.91 Å². The zero-order valence-electron chi connectivity index (χ0n) is 11.0. The van der Waals surface area contributed by atoms with Gasteiger partial charge in [-0.25, -0.2) is 8.78 Å². The number of hydrogen-bond donors (Lipinski definition) is 1. The molecule has 0 bridgehead atoms. The first-order valence-corrected chi connectivity index (χ1v) is 5.95. The van der Waals surface area contributed by atoms with Gasteiger partial charge in [0.15, 0.2) is 17.7 Å². The van der Waals surface area contributed by atoms with Gasteiger partial charge in [0, 0.05) is 11.6 Å². The van der Waals surface area contributed by atoms with Crippen LogP contribution in [-0.2, 0) is 0 Å². The van der Waals surface area contributed by atoms with E-state index in [1.165, 1.54) is 6.92 Å². The molecule has 0 aliphatic carbocycles. The zero-order chi connectivity index (χ0) is 16.5. The van der Waals surface area contributed by atoms with Gasteiger partial charge in [-0.05, 0) is 13.0 Å². The van der Waals surface area contributed by atoms with Crippen molar-refractivity contribution >= 4 is 5.91 Å². The highest BCUT2D eigenvalue weighted by Crippen LogP contribution is 2.34.